The summed E-state index contributed by atoms with van der Waals surface area (Å²) >= 11 is 0. The zero-order valence-electron chi connectivity index (χ0n) is 16.3. The Kier molecular flexibility index (Phi) is 5.71. The van der Waals surface area contributed by atoms with Crippen molar-refractivity contribution in [3.05, 3.63) is 107 Å². The molecule has 2 N–H and O–H groups in total. The van der Waals surface area contributed by atoms with E-state index in [4.69, 9.17) is 0 Å². The van der Waals surface area contributed by atoms with E-state index in [9.17, 15) is 9.90 Å². The van der Waals surface area contributed by atoms with E-state index in [0.29, 0.717) is 16.8 Å². The van der Waals surface area contributed by atoms with E-state index in [0.717, 1.165) is 16.7 Å². The maximum atomic E-state index is 13.1. The van der Waals surface area contributed by atoms with E-state index in [2.05, 4.69) is 10.5 Å². The normalized spacial score (nSPS) is 11.9. The van der Waals surface area contributed by atoms with Crippen molar-refractivity contribution in [2.24, 2.45) is 5.10 Å². The number of hydrogen-bond acceptors (Lipinski definition) is 3. The van der Waals surface area contributed by atoms with Gasteiger partial charge in [0.05, 0.1) is 5.71 Å². The van der Waals surface area contributed by atoms with E-state index in [1.807, 2.05) is 51.1 Å². The number of aryl methyl sites for hydroxylation is 2. The van der Waals surface area contributed by atoms with Gasteiger partial charge in [-0.3, -0.25) is 4.79 Å². The molecule has 4 heteroatoms. The number of rotatable bonds is 5. The Morgan fingerprint density at radius 1 is 0.893 bits per heavy atom. The molecular formula is C24H24N2O2. The van der Waals surface area contributed by atoms with Crippen molar-refractivity contribution in [3.63, 3.8) is 0 Å². The van der Waals surface area contributed by atoms with Crippen molar-refractivity contribution in [2.75, 3.05) is 0 Å². The number of nitrogens with zero attached hydrogens (tertiary/aromatic N) is 1. The molecule has 0 aromatic heterocycles. The van der Waals surface area contributed by atoms with Crippen LogP contribution in [0.5, 0.6) is 0 Å². The van der Waals surface area contributed by atoms with Gasteiger partial charge in [0.1, 0.15) is 0 Å². The third kappa shape index (κ3) is 3.87. The molecule has 0 unspecified atom stereocenters. The molecule has 0 atom stereocenters. The van der Waals surface area contributed by atoms with E-state index in [1.54, 1.807) is 48.5 Å². The Labute approximate surface area is 165 Å². The molecule has 0 spiro atoms. The highest BCUT2D eigenvalue weighted by molar-refractivity contribution is 6.01. The van der Waals surface area contributed by atoms with Gasteiger partial charge in [0.15, 0.2) is 5.60 Å². The van der Waals surface area contributed by atoms with Crippen molar-refractivity contribution in [1.29, 1.82) is 0 Å². The minimum atomic E-state index is -1.84. The van der Waals surface area contributed by atoms with Gasteiger partial charge in [0.25, 0.3) is 5.91 Å². The molecule has 0 saturated carbocycles. The van der Waals surface area contributed by atoms with Gasteiger partial charge in [0.2, 0.25) is 0 Å². The SMILES string of the molecule is CC(=NNC(=O)C(O)(c1ccccc1)c1ccccc1)c1cc(C)ccc1C. The topological polar surface area (TPSA) is 61.7 Å². The second-order valence-electron chi connectivity index (χ2n) is 6.90. The summed E-state index contributed by atoms with van der Waals surface area (Å²) in [6, 6.07) is 23.9. The summed E-state index contributed by atoms with van der Waals surface area (Å²) in [5.41, 5.74) is 5.52. The van der Waals surface area contributed by atoms with Gasteiger partial charge < -0.3 is 5.11 Å². The maximum Gasteiger partial charge on any atom is 0.281 e. The van der Waals surface area contributed by atoms with Crippen LogP contribution in [0.15, 0.2) is 84.0 Å². The monoisotopic (exact) mass is 372 g/mol. The predicted molar refractivity (Wildman–Crippen MR) is 112 cm³/mol. The number of hydrazone groups is 1. The van der Waals surface area contributed by atoms with Crippen molar-refractivity contribution in [1.82, 2.24) is 5.43 Å². The molecule has 0 aliphatic heterocycles. The average molecular weight is 372 g/mol. The van der Waals surface area contributed by atoms with Gasteiger partial charge >= 0.3 is 0 Å². The first-order valence-electron chi connectivity index (χ1n) is 9.18. The molecule has 0 bridgehead atoms. The largest absolute Gasteiger partial charge is 0.372 e. The molecule has 0 fully saturated rings. The smallest absolute Gasteiger partial charge is 0.281 e. The Morgan fingerprint density at radius 3 is 1.96 bits per heavy atom. The molecule has 3 aromatic carbocycles. The molecule has 0 saturated heterocycles. The second kappa shape index (κ2) is 8.19. The molecule has 0 aliphatic rings. The number of amides is 1. The van der Waals surface area contributed by atoms with Gasteiger partial charge in [-0.05, 0) is 43.5 Å². The standard InChI is InChI=1S/C24H24N2O2/c1-17-14-15-18(2)22(16-17)19(3)25-26-23(27)24(28,20-10-6-4-7-11-20)21-12-8-5-9-13-21/h4-16,28H,1-3H3,(H,26,27). The summed E-state index contributed by atoms with van der Waals surface area (Å²) in [4.78, 5) is 13.1. The third-order valence-corrected chi connectivity index (χ3v) is 4.82. The molecule has 4 nitrogen and oxygen atoms in total. The molecule has 142 valence electrons. The quantitative estimate of drug-likeness (QED) is 0.524. The molecule has 0 radical (unpaired) electrons. The minimum Gasteiger partial charge on any atom is -0.372 e. The van der Waals surface area contributed by atoms with Crippen LogP contribution in [0.2, 0.25) is 0 Å². The van der Waals surface area contributed by atoms with Crippen molar-refractivity contribution in [2.45, 2.75) is 26.4 Å². The van der Waals surface area contributed by atoms with Crippen LogP contribution in [-0.2, 0) is 10.4 Å². The molecule has 28 heavy (non-hydrogen) atoms. The first-order valence-corrected chi connectivity index (χ1v) is 9.18. The number of hydrogen-bond donors (Lipinski definition) is 2. The molecular weight excluding hydrogens is 348 g/mol. The fourth-order valence-corrected chi connectivity index (χ4v) is 3.19. The summed E-state index contributed by atoms with van der Waals surface area (Å²) < 4.78 is 0. The number of carbonyl (C=O) groups excluding carboxylic acids is 1. The fraction of sp³-hybridized carbons (Fsp3) is 0.167. The Hall–Kier alpha value is -3.24. The highest BCUT2D eigenvalue weighted by Gasteiger charge is 2.39. The van der Waals surface area contributed by atoms with Crippen molar-refractivity contribution < 1.29 is 9.90 Å². The molecule has 3 rings (SSSR count). The molecule has 3 aromatic rings. The second-order valence-corrected chi connectivity index (χ2v) is 6.90. The first kappa shape index (κ1) is 19.5. The summed E-state index contributed by atoms with van der Waals surface area (Å²) in [7, 11) is 0. The highest BCUT2D eigenvalue weighted by Crippen LogP contribution is 2.29. The van der Waals surface area contributed by atoms with Crippen LogP contribution < -0.4 is 5.43 Å². The van der Waals surface area contributed by atoms with Gasteiger partial charge in [-0.15, -0.1) is 0 Å². The van der Waals surface area contributed by atoms with Crippen molar-refractivity contribution >= 4 is 11.6 Å². The Morgan fingerprint density at radius 2 is 1.43 bits per heavy atom. The number of carbonyl (C=O) groups is 1. The fourth-order valence-electron chi connectivity index (χ4n) is 3.19. The van der Waals surface area contributed by atoms with Crippen LogP contribution in [0.1, 0.15) is 34.7 Å². The summed E-state index contributed by atoms with van der Waals surface area (Å²) in [6.45, 7) is 5.85. The van der Waals surface area contributed by atoms with Gasteiger partial charge in [-0.1, -0.05) is 78.4 Å². The molecule has 0 aliphatic carbocycles. The number of aliphatic hydroxyl groups is 1. The Balaban J connectivity index is 1.96. The van der Waals surface area contributed by atoms with E-state index in [1.165, 1.54) is 0 Å². The summed E-state index contributed by atoms with van der Waals surface area (Å²) in [5.74, 6) is -0.602. The summed E-state index contributed by atoms with van der Waals surface area (Å²) in [6.07, 6.45) is 0. The molecule has 0 heterocycles. The van der Waals surface area contributed by atoms with E-state index >= 15 is 0 Å². The number of benzene rings is 3. The van der Waals surface area contributed by atoms with E-state index < -0.39 is 11.5 Å². The average Bonchev–Trinajstić information content (AvgIpc) is 2.74. The van der Waals surface area contributed by atoms with Crippen LogP contribution in [-0.4, -0.2) is 16.7 Å². The van der Waals surface area contributed by atoms with Crippen LogP contribution in [0.25, 0.3) is 0 Å². The predicted octanol–water partition coefficient (Wildman–Crippen LogP) is 4.08. The lowest BCUT2D eigenvalue weighted by atomic mass is 9.85. The zero-order chi connectivity index (χ0) is 20.1. The minimum absolute atomic E-state index is 0.485. The maximum absolute atomic E-state index is 13.1. The molecule has 1 amide bonds. The van der Waals surface area contributed by atoms with Gasteiger partial charge in [-0.25, -0.2) is 5.43 Å². The van der Waals surface area contributed by atoms with Gasteiger partial charge in [-0.2, -0.15) is 5.10 Å². The number of nitrogens with one attached hydrogen (secondary N) is 1. The first-order chi connectivity index (χ1) is 13.4. The van der Waals surface area contributed by atoms with Crippen LogP contribution in [0.4, 0.5) is 0 Å². The lowest BCUT2D eigenvalue weighted by Crippen LogP contribution is -2.43. The lowest BCUT2D eigenvalue weighted by Gasteiger charge is -2.27. The van der Waals surface area contributed by atoms with E-state index in [-0.39, 0.29) is 0 Å². The zero-order valence-corrected chi connectivity index (χ0v) is 16.3. The third-order valence-electron chi connectivity index (χ3n) is 4.82. The van der Waals surface area contributed by atoms with Crippen LogP contribution in [0.3, 0.4) is 0 Å². The summed E-state index contributed by atoms with van der Waals surface area (Å²) in [5, 5.41) is 15.7. The highest BCUT2D eigenvalue weighted by atomic mass is 16.3. The van der Waals surface area contributed by atoms with Gasteiger partial charge in [0, 0.05) is 5.56 Å². The van der Waals surface area contributed by atoms with Crippen LogP contribution in [0, 0.1) is 13.8 Å². The van der Waals surface area contributed by atoms with Crippen LogP contribution >= 0.6 is 0 Å². The van der Waals surface area contributed by atoms with Crippen molar-refractivity contribution in [3.8, 4) is 0 Å². The lowest BCUT2D eigenvalue weighted by molar-refractivity contribution is -0.136. The Bertz CT molecular complexity index is 956.